The Kier molecular flexibility index (Phi) is 2.89. The normalized spacial score (nSPS) is 16.5. The summed E-state index contributed by atoms with van der Waals surface area (Å²) in [5.74, 6) is 1.11. The highest BCUT2D eigenvalue weighted by molar-refractivity contribution is 7.80. The lowest BCUT2D eigenvalue weighted by Gasteiger charge is -1.95. The first-order chi connectivity index (χ1) is 9.22. The Labute approximate surface area is 115 Å². The van der Waals surface area contributed by atoms with Gasteiger partial charge in [0.05, 0.1) is 0 Å². The smallest absolute Gasteiger partial charge is 0.274 e. The molecule has 1 aliphatic heterocycles. The first-order valence-corrected chi connectivity index (χ1v) is 6.12. The summed E-state index contributed by atoms with van der Waals surface area (Å²) in [5.41, 5.74) is 1.38. The third kappa shape index (κ3) is 2.41. The van der Waals surface area contributed by atoms with Gasteiger partial charge >= 0.3 is 0 Å². The molecule has 1 amide bonds. The molecule has 4 nitrogen and oxygen atoms in total. The van der Waals surface area contributed by atoms with Crippen molar-refractivity contribution in [3.8, 4) is 11.3 Å². The molecular formula is C14H10N2O2S. The van der Waals surface area contributed by atoms with Crippen LogP contribution in [-0.2, 0) is 4.79 Å². The second-order valence-corrected chi connectivity index (χ2v) is 4.44. The van der Waals surface area contributed by atoms with Gasteiger partial charge in [0.1, 0.15) is 17.2 Å². The first-order valence-electron chi connectivity index (χ1n) is 5.72. The topological polar surface area (TPSA) is 54.3 Å². The summed E-state index contributed by atoms with van der Waals surface area (Å²) in [5, 5.41) is 5.58. The minimum Gasteiger partial charge on any atom is -0.457 e. The van der Waals surface area contributed by atoms with E-state index in [4.69, 9.17) is 16.6 Å². The van der Waals surface area contributed by atoms with E-state index in [9.17, 15) is 4.79 Å². The molecule has 1 aromatic heterocycles. The molecule has 0 atom stereocenters. The average molecular weight is 270 g/mol. The summed E-state index contributed by atoms with van der Waals surface area (Å²) >= 11 is 4.86. The third-order valence-electron chi connectivity index (χ3n) is 2.69. The quantitative estimate of drug-likeness (QED) is 0.649. The van der Waals surface area contributed by atoms with Crippen LogP contribution in [0.5, 0.6) is 0 Å². The second kappa shape index (κ2) is 4.70. The van der Waals surface area contributed by atoms with Crippen molar-refractivity contribution in [3.05, 3.63) is 53.9 Å². The Balaban J connectivity index is 1.89. The number of carbonyl (C=O) groups excluding carboxylic acids is 1. The number of rotatable bonds is 2. The lowest BCUT2D eigenvalue weighted by atomic mass is 10.2. The molecule has 1 fully saturated rings. The van der Waals surface area contributed by atoms with Crippen molar-refractivity contribution >= 4 is 29.3 Å². The van der Waals surface area contributed by atoms with E-state index in [0.717, 1.165) is 11.3 Å². The van der Waals surface area contributed by atoms with Gasteiger partial charge in [-0.15, -0.1) is 0 Å². The van der Waals surface area contributed by atoms with Gasteiger partial charge < -0.3 is 9.73 Å². The van der Waals surface area contributed by atoms with Gasteiger partial charge in [-0.05, 0) is 24.4 Å². The monoisotopic (exact) mass is 270 g/mol. The number of hydrogen-bond acceptors (Lipinski definition) is 3. The molecular weight excluding hydrogens is 260 g/mol. The zero-order valence-electron chi connectivity index (χ0n) is 9.84. The van der Waals surface area contributed by atoms with Crippen LogP contribution in [0.4, 0.5) is 0 Å². The molecule has 0 aliphatic carbocycles. The van der Waals surface area contributed by atoms with E-state index >= 15 is 0 Å². The van der Waals surface area contributed by atoms with E-state index in [1.165, 1.54) is 0 Å². The molecule has 0 unspecified atom stereocenters. The Morgan fingerprint density at radius 3 is 2.53 bits per heavy atom. The fraction of sp³-hybridized carbons (Fsp3) is 0. The van der Waals surface area contributed by atoms with Gasteiger partial charge in [0, 0.05) is 11.6 Å². The van der Waals surface area contributed by atoms with Gasteiger partial charge in [-0.25, -0.2) is 0 Å². The Morgan fingerprint density at radius 2 is 1.84 bits per heavy atom. The molecule has 3 rings (SSSR count). The number of carbonyl (C=O) groups is 1. The van der Waals surface area contributed by atoms with Crippen LogP contribution in [0, 0.1) is 0 Å². The van der Waals surface area contributed by atoms with Crippen molar-refractivity contribution in [3.63, 3.8) is 0 Å². The van der Waals surface area contributed by atoms with Gasteiger partial charge in [0.2, 0.25) is 0 Å². The van der Waals surface area contributed by atoms with Gasteiger partial charge in [0.25, 0.3) is 5.91 Å². The van der Waals surface area contributed by atoms with Crippen molar-refractivity contribution in [1.29, 1.82) is 0 Å². The van der Waals surface area contributed by atoms with Crippen LogP contribution in [0.2, 0.25) is 0 Å². The van der Waals surface area contributed by atoms with E-state index in [0.29, 0.717) is 16.6 Å². The number of benzene rings is 1. The van der Waals surface area contributed by atoms with Crippen LogP contribution in [0.3, 0.4) is 0 Å². The average Bonchev–Trinajstić information content (AvgIpc) is 2.99. The molecule has 2 heterocycles. The summed E-state index contributed by atoms with van der Waals surface area (Å²) < 4.78 is 5.68. The summed E-state index contributed by atoms with van der Waals surface area (Å²) in [6.07, 6.45) is 1.63. The van der Waals surface area contributed by atoms with E-state index in [2.05, 4.69) is 10.6 Å². The highest BCUT2D eigenvalue weighted by atomic mass is 32.1. The zero-order chi connectivity index (χ0) is 13.2. The van der Waals surface area contributed by atoms with Crippen LogP contribution in [0.15, 0.2) is 52.6 Å². The fourth-order valence-corrected chi connectivity index (χ4v) is 2.02. The first kappa shape index (κ1) is 11.7. The molecule has 19 heavy (non-hydrogen) atoms. The van der Waals surface area contributed by atoms with Crippen LogP contribution in [0.25, 0.3) is 17.4 Å². The Bertz CT molecular complexity index is 674. The lowest BCUT2D eigenvalue weighted by molar-refractivity contribution is -0.115. The number of amides is 1. The highest BCUT2D eigenvalue weighted by Crippen LogP contribution is 2.23. The molecule has 1 aromatic carbocycles. The maximum Gasteiger partial charge on any atom is 0.274 e. The van der Waals surface area contributed by atoms with Gasteiger partial charge in [-0.2, -0.15) is 0 Å². The predicted molar refractivity (Wildman–Crippen MR) is 76.0 cm³/mol. The standard InChI is InChI=1S/C14H10N2O2S/c17-13-11(15-14(19)16-13)8-10-6-7-12(18-10)9-4-2-1-3-5-9/h1-8H,(H2,15,16,17,19)/b11-8+. The summed E-state index contributed by atoms with van der Waals surface area (Å²) in [6.45, 7) is 0. The van der Waals surface area contributed by atoms with E-state index in [1.807, 2.05) is 42.5 Å². The van der Waals surface area contributed by atoms with E-state index in [1.54, 1.807) is 6.08 Å². The summed E-state index contributed by atoms with van der Waals surface area (Å²) in [7, 11) is 0. The van der Waals surface area contributed by atoms with Crippen molar-refractivity contribution in [2.45, 2.75) is 0 Å². The highest BCUT2D eigenvalue weighted by Gasteiger charge is 2.20. The molecule has 0 radical (unpaired) electrons. The largest absolute Gasteiger partial charge is 0.457 e. The van der Waals surface area contributed by atoms with Crippen LogP contribution >= 0.6 is 12.2 Å². The molecule has 0 bridgehead atoms. The maximum absolute atomic E-state index is 11.5. The third-order valence-corrected chi connectivity index (χ3v) is 2.90. The second-order valence-electron chi connectivity index (χ2n) is 4.03. The lowest BCUT2D eigenvalue weighted by Crippen LogP contribution is -2.21. The van der Waals surface area contributed by atoms with Crippen LogP contribution in [0.1, 0.15) is 5.76 Å². The molecule has 2 aromatic rings. The minimum absolute atomic E-state index is 0.248. The predicted octanol–water partition coefficient (Wildman–Crippen LogP) is 2.29. The van der Waals surface area contributed by atoms with Gasteiger partial charge in [0.15, 0.2) is 5.11 Å². The Morgan fingerprint density at radius 1 is 1.05 bits per heavy atom. The maximum atomic E-state index is 11.5. The number of thiocarbonyl (C=S) groups is 1. The van der Waals surface area contributed by atoms with Crippen LogP contribution < -0.4 is 10.6 Å². The molecule has 0 saturated carbocycles. The SMILES string of the molecule is O=C1NC(=S)N/C1=C/c1ccc(-c2ccccc2)o1. The Hall–Kier alpha value is -2.40. The van der Waals surface area contributed by atoms with E-state index < -0.39 is 0 Å². The van der Waals surface area contributed by atoms with Gasteiger partial charge in [-0.3, -0.25) is 10.1 Å². The zero-order valence-corrected chi connectivity index (χ0v) is 10.7. The fourth-order valence-electron chi connectivity index (χ4n) is 1.81. The van der Waals surface area contributed by atoms with Crippen molar-refractivity contribution in [2.75, 3.05) is 0 Å². The summed E-state index contributed by atoms with van der Waals surface area (Å²) in [4.78, 5) is 11.5. The molecule has 2 N–H and O–H groups in total. The van der Waals surface area contributed by atoms with E-state index in [-0.39, 0.29) is 5.91 Å². The molecule has 0 spiro atoms. The molecule has 5 heteroatoms. The minimum atomic E-state index is -0.248. The number of hydrogen-bond donors (Lipinski definition) is 2. The molecule has 1 aliphatic rings. The number of nitrogens with one attached hydrogen (secondary N) is 2. The summed E-state index contributed by atoms with van der Waals surface area (Å²) in [6, 6.07) is 13.4. The molecule has 94 valence electrons. The van der Waals surface area contributed by atoms with Crippen molar-refractivity contribution < 1.29 is 9.21 Å². The number of furan rings is 1. The molecule has 1 saturated heterocycles. The van der Waals surface area contributed by atoms with Crippen molar-refractivity contribution in [1.82, 2.24) is 10.6 Å². The van der Waals surface area contributed by atoms with Gasteiger partial charge in [-0.1, -0.05) is 30.3 Å². The van der Waals surface area contributed by atoms with Crippen LogP contribution in [-0.4, -0.2) is 11.0 Å². The van der Waals surface area contributed by atoms with Crippen molar-refractivity contribution in [2.24, 2.45) is 0 Å².